The van der Waals surface area contributed by atoms with Gasteiger partial charge in [0.2, 0.25) is 0 Å². The molecule has 5 aromatic rings. The molecule has 124 valence electrons. The monoisotopic (exact) mass is 333 g/mol. The number of benzene rings is 4. The van der Waals surface area contributed by atoms with Crippen LogP contribution in [0.15, 0.2) is 79.0 Å². The van der Waals surface area contributed by atoms with Crippen molar-refractivity contribution in [2.24, 2.45) is 0 Å². The molecule has 4 aromatic carbocycles. The van der Waals surface area contributed by atoms with E-state index < -0.39 is 0 Å². The van der Waals surface area contributed by atoms with Gasteiger partial charge in [0.05, 0.1) is 5.69 Å². The quantitative estimate of drug-likeness (QED) is 0.306. The molecule has 0 radical (unpaired) electrons. The Morgan fingerprint density at radius 1 is 0.615 bits per heavy atom. The lowest BCUT2D eigenvalue weighted by molar-refractivity contribution is 1.32. The SMILES string of the molecule is Cc1ccc(C)c(-c2nccc3c2ccc2c4ccccc4ccc32)c1. The van der Waals surface area contributed by atoms with Gasteiger partial charge >= 0.3 is 0 Å². The lowest BCUT2D eigenvalue weighted by atomic mass is 9.94. The first kappa shape index (κ1) is 15.1. The normalized spacial score (nSPS) is 11.5. The first-order valence-corrected chi connectivity index (χ1v) is 8.99. The van der Waals surface area contributed by atoms with E-state index in [0.717, 1.165) is 5.69 Å². The van der Waals surface area contributed by atoms with Crippen LogP contribution in [-0.2, 0) is 0 Å². The fraction of sp³-hybridized carbons (Fsp3) is 0.0800. The maximum absolute atomic E-state index is 4.75. The van der Waals surface area contributed by atoms with Crippen molar-refractivity contribution in [2.75, 3.05) is 0 Å². The zero-order chi connectivity index (χ0) is 17.7. The van der Waals surface area contributed by atoms with Gasteiger partial charge in [-0.2, -0.15) is 0 Å². The zero-order valence-electron chi connectivity index (χ0n) is 15.0. The molecule has 26 heavy (non-hydrogen) atoms. The van der Waals surface area contributed by atoms with Crippen LogP contribution < -0.4 is 0 Å². The minimum absolute atomic E-state index is 1.07. The first-order valence-electron chi connectivity index (χ1n) is 8.99. The lowest BCUT2D eigenvalue weighted by Gasteiger charge is -2.12. The van der Waals surface area contributed by atoms with Crippen molar-refractivity contribution in [3.05, 3.63) is 90.1 Å². The van der Waals surface area contributed by atoms with Crippen LogP contribution in [0, 0.1) is 13.8 Å². The molecule has 0 fully saturated rings. The molecule has 0 spiro atoms. The van der Waals surface area contributed by atoms with E-state index in [-0.39, 0.29) is 0 Å². The molecule has 0 saturated heterocycles. The van der Waals surface area contributed by atoms with Gasteiger partial charge in [0.25, 0.3) is 0 Å². The molecule has 0 saturated carbocycles. The number of rotatable bonds is 1. The summed E-state index contributed by atoms with van der Waals surface area (Å²) in [5.74, 6) is 0. The topological polar surface area (TPSA) is 12.9 Å². The van der Waals surface area contributed by atoms with E-state index in [4.69, 9.17) is 4.98 Å². The maximum atomic E-state index is 4.75. The van der Waals surface area contributed by atoms with E-state index in [9.17, 15) is 0 Å². The highest BCUT2D eigenvalue weighted by Crippen LogP contribution is 2.35. The molecule has 0 unspecified atom stereocenters. The molecule has 0 aliphatic heterocycles. The number of aromatic nitrogens is 1. The fourth-order valence-corrected chi connectivity index (χ4v) is 3.96. The average Bonchev–Trinajstić information content (AvgIpc) is 2.69. The van der Waals surface area contributed by atoms with Crippen LogP contribution in [0.5, 0.6) is 0 Å². The number of pyridine rings is 1. The Hall–Kier alpha value is -3.19. The summed E-state index contributed by atoms with van der Waals surface area (Å²) in [5, 5.41) is 7.65. The number of aryl methyl sites for hydroxylation is 2. The summed E-state index contributed by atoms with van der Waals surface area (Å²) in [5.41, 5.74) is 4.81. The molecule has 0 amide bonds. The number of fused-ring (bicyclic) bond motifs is 5. The standard InChI is InChI=1S/C25H19N/c1-16-7-8-17(2)24(15-16)25-23-12-11-20-19-6-4-3-5-18(19)9-10-21(20)22(23)13-14-26-25/h3-15H,1-2H3. The van der Waals surface area contributed by atoms with E-state index >= 15 is 0 Å². The maximum Gasteiger partial charge on any atom is 0.0783 e. The Morgan fingerprint density at radius 2 is 1.35 bits per heavy atom. The summed E-state index contributed by atoms with van der Waals surface area (Å²) >= 11 is 0. The van der Waals surface area contributed by atoms with E-state index in [1.165, 1.54) is 49.0 Å². The van der Waals surface area contributed by atoms with Gasteiger partial charge in [-0.05, 0) is 58.5 Å². The van der Waals surface area contributed by atoms with Gasteiger partial charge in [0.15, 0.2) is 0 Å². The van der Waals surface area contributed by atoms with Crippen molar-refractivity contribution < 1.29 is 0 Å². The minimum Gasteiger partial charge on any atom is -0.256 e. The molecule has 0 aliphatic carbocycles. The molecule has 1 aromatic heterocycles. The molecule has 1 nitrogen and oxygen atoms in total. The smallest absolute Gasteiger partial charge is 0.0783 e. The zero-order valence-corrected chi connectivity index (χ0v) is 15.0. The Kier molecular flexibility index (Phi) is 3.29. The van der Waals surface area contributed by atoms with Crippen molar-refractivity contribution in [2.45, 2.75) is 13.8 Å². The van der Waals surface area contributed by atoms with Crippen LogP contribution in [0.4, 0.5) is 0 Å². The van der Waals surface area contributed by atoms with Crippen LogP contribution in [0.3, 0.4) is 0 Å². The van der Waals surface area contributed by atoms with E-state index in [0.29, 0.717) is 0 Å². The van der Waals surface area contributed by atoms with Crippen LogP contribution >= 0.6 is 0 Å². The molecular formula is C25H19N. The Morgan fingerprint density at radius 3 is 2.27 bits per heavy atom. The van der Waals surface area contributed by atoms with Crippen LogP contribution in [0.2, 0.25) is 0 Å². The van der Waals surface area contributed by atoms with Gasteiger partial charge in [0.1, 0.15) is 0 Å². The van der Waals surface area contributed by atoms with E-state index in [1.807, 2.05) is 6.20 Å². The van der Waals surface area contributed by atoms with Crippen molar-refractivity contribution in [3.63, 3.8) is 0 Å². The van der Waals surface area contributed by atoms with Gasteiger partial charge in [-0.25, -0.2) is 0 Å². The van der Waals surface area contributed by atoms with Crippen LogP contribution in [0.25, 0.3) is 43.6 Å². The average molecular weight is 333 g/mol. The second kappa shape index (κ2) is 5.67. The summed E-state index contributed by atoms with van der Waals surface area (Å²) in [6, 6.07) is 26.2. The summed E-state index contributed by atoms with van der Waals surface area (Å²) in [6.07, 6.45) is 1.94. The van der Waals surface area contributed by atoms with Crippen LogP contribution in [-0.4, -0.2) is 4.98 Å². The Bertz CT molecular complexity index is 1300. The minimum atomic E-state index is 1.07. The van der Waals surface area contributed by atoms with Crippen molar-refractivity contribution in [1.29, 1.82) is 0 Å². The van der Waals surface area contributed by atoms with Gasteiger partial charge in [-0.1, -0.05) is 66.2 Å². The van der Waals surface area contributed by atoms with Gasteiger partial charge in [-0.3, -0.25) is 4.98 Å². The molecule has 0 N–H and O–H groups in total. The van der Waals surface area contributed by atoms with Gasteiger partial charge in [-0.15, -0.1) is 0 Å². The van der Waals surface area contributed by atoms with Crippen molar-refractivity contribution >= 4 is 32.3 Å². The number of nitrogens with zero attached hydrogens (tertiary/aromatic N) is 1. The molecule has 0 aliphatic rings. The Labute approximate surface area is 152 Å². The van der Waals surface area contributed by atoms with Crippen molar-refractivity contribution in [1.82, 2.24) is 4.98 Å². The largest absolute Gasteiger partial charge is 0.256 e. The third-order valence-electron chi connectivity index (χ3n) is 5.32. The number of hydrogen-bond donors (Lipinski definition) is 0. The summed E-state index contributed by atoms with van der Waals surface area (Å²) in [6.45, 7) is 4.29. The Balaban J connectivity index is 1.90. The van der Waals surface area contributed by atoms with Crippen molar-refractivity contribution in [3.8, 4) is 11.3 Å². The highest BCUT2D eigenvalue weighted by molar-refractivity contribution is 6.18. The highest BCUT2D eigenvalue weighted by Gasteiger charge is 2.11. The van der Waals surface area contributed by atoms with Gasteiger partial charge in [0, 0.05) is 17.1 Å². The summed E-state index contributed by atoms with van der Waals surface area (Å²) in [4.78, 5) is 4.75. The second-order valence-electron chi connectivity index (χ2n) is 7.02. The molecule has 0 bridgehead atoms. The first-order chi connectivity index (χ1) is 12.7. The van der Waals surface area contributed by atoms with E-state index in [1.54, 1.807) is 0 Å². The van der Waals surface area contributed by atoms with Crippen LogP contribution in [0.1, 0.15) is 11.1 Å². The molecule has 1 heterocycles. The highest BCUT2D eigenvalue weighted by atomic mass is 14.7. The van der Waals surface area contributed by atoms with Gasteiger partial charge < -0.3 is 0 Å². The second-order valence-corrected chi connectivity index (χ2v) is 7.02. The summed E-state index contributed by atoms with van der Waals surface area (Å²) in [7, 11) is 0. The molecule has 0 atom stereocenters. The number of hydrogen-bond acceptors (Lipinski definition) is 1. The molecular weight excluding hydrogens is 314 g/mol. The lowest BCUT2D eigenvalue weighted by Crippen LogP contribution is -1.91. The predicted octanol–water partition coefficient (Wildman–Crippen LogP) is 6.83. The summed E-state index contributed by atoms with van der Waals surface area (Å²) < 4.78 is 0. The van der Waals surface area contributed by atoms with E-state index in [2.05, 4.69) is 86.6 Å². The molecule has 1 heteroatoms. The third-order valence-corrected chi connectivity index (χ3v) is 5.32. The molecule has 5 rings (SSSR count). The predicted molar refractivity (Wildman–Crippen MR) is 112 cm³/mol. The third kappa shape index (κ3) is 2.21. The fourth-order valence-electron chi connectivity index (χ4n) is 3.96.